The van der Waals surface area contributed by atoms with Crippen LogP contribution in [-0.4, -0.2) is 32.8 Å². The number of benzene rings is 3. The van der Waals surface area contributed by atoms with Gasteiger partial charge in [0.15, 0.2) is 0 Å². The monoisotopic (exact) mass is 438 g/mol. The van der Waals surface area contributed by atoms with E-state index in [1.165, 1.54) is 4.31 Å². The van der Waals surface area contributed by atoms with Crippen LogP contribution in [0.3, 0.4) is 0 Å². The molecule has 1 aliphatic heterocycles. The lowest BCUT2D eigenvalue weighted by molar-refractivity contribution is 0.0851. The second-order valence-corrected chi connectivity index (χ2v) is 8.82. The summed E-state index contributed by atoms with van der Waals surface area (Å²) in [4.78, 5) is 13.1. The van der Waals surface area contributed by atoms with Gasteiger partial charge in [0.1, 0.15) is 11.5 Å². The SMILES string of the molecule is COc1ccc(CN2C(=O)c3ccccc3N(Cc3ccc(OC)cc3)S2(=O)=O)cc1. The molecule has 0 bridgehead atoms. The van der Waals surface area contributed by atoms with Crippen molar-refractivity contribution in [1.29, 1.82) is 0 Å². The van der Waals surface area contributed by atoms with Crippen LogP contribution in [0.4, 0.5) is 5.69 Å². The summed E-state index contributed by atoms with van der Waals surface area (Å²) in [7, 11) is -0.970. The third-order valence-electron chi connectivity index (χ3n) is 5.16. The van der Waals surface area contributed by atoms with Crippen LogP contribution < -0.4 is 13.8 Å². The highest BCUT2D eigenvalue weighted by Crippen LogP contribution is 2.34. The number of ether oxygens (including phenoxy) is 2. The zero-order chi connectivity index (χ0) is 22.0. The lowest BCUT2D eigenvalue weighted by Gasteiger charge is -2.37. The molecule has 1 amide bonds. The Bertz CT molecular complexity index is 1190. The van der Waals surface area contributed by atoms with Gasteiger partial charge in [-0.25, -0.2) is 8.61 Å². The van der Waals surface area contributed by atoms with Gasteiger partial charge < -0.3 is 9.47 Å². The summed E-state index contributed by atoms with van der Waals surface area (Å²) >= 11 is 0. The van der Waals surface area contributed by atoms with Crippen molar-refractivity contribution in [2.45, 2.75) is 13.1 Å². The minimum Gasteiger partial charge on any atom is -0.497 e. The van der Waals surface area contributed by atoms with E-state index in [0.29, 0.717) is 28.3 Å². The number of para-hydroxylation sites is 1. The molecule has 3 aromatic rings. The van der Waals surface area contributed by atoms with Crippen molar-refractivity contribution in [2.24, 2.45) is 0 Å². The maximum absolute atomic E-state index is 13.5. The molecule has 31 heavy (non-hydrogen) atoms. The first-order valence-electron chi connectivity index (χ1n) is 9.63. The van der Waals surface area contributed by atoms with Crippen LogP contribution in [0.15, 0.2) is 72.8 Å². The molecule has 1 aliphatic rings. The minimum atomic E-state index is -4.10. The largest absolute Gasteiger partial charge is 0.497 e. The first-order valence-corrected chi connectivity index (χ1v) is 11.0. The number of hydrogen-bond acceptors (Lipinski definition) is 5. The number of carbonyl (C=O) groups excluding carboxylic acids is 1. The molecule has 160 valence electrons. The van der Waals surface area contributed by atoms with Gasteiger partial charge in [0, 0.05) is 0 Å². The average molecular weight is 439 g/mol. The molecule has 0 saturated heterocycles. The fourth-order valence-electron chi connectivity index (χ4n) is 3.47. The van der Waals surface area contributed by atoms with Gasteiger partial charge in [-0.2, -0.15) is 8.42 Å². The van der Waals surface area contributed by atoms with Gasteiger partial charge in [-0.3, -0.25) is 4.79 Å². The second kappa shape index (κ2) is 8.31. The fraction of sp³-hybridized carbons (Fsp3) is 0.174. The van der Waals surface area contributed by atoms with Gasteiger partial charge in [-0.05, 0) is 47.5 Å². The molecule has 0 radical (unpaired) electrons. The molecule has 0 aromatic heterocycles. The second-order valence-electron chi connectivity index (χ2n) is 7.04. The van der Waals surface area contributed by atoms with Crippen molar-refractivity contribution >= 4 is 21.8 Å². The van der Waals surface area contributed by atoms with Crippen LogP contribution in [0.25, 0.3) is 0 Å². The Hall–Kier alpha value is -3.52. The van der Waals surface area contributed by atoms with Crippen molar-refractivity contribution < 1.29 is 22.7 Å². The van der Waals surface area contributed by atoms with Crippen molar-refractivity contribution in [3.8, 4) is 11.5 Å². The van der Waals surface area contributed by atoms with Gasteiger partial charge in [0.2, 0.25) is 0 Å². The van der Waals surface area contributed by atoms with E-state index in [2.05, 4.69) is 0 Å². The summed E-state index contributed by atoms with van der Waals surface area (Å²) in [6.45, 7) is 0.0222. The van der Waals surface area contributed by atoms with Crippen LogP contribution in [-0.2, 0) is 23.3 Å². The summed E-state index contributed by atoms with van der Waals surface area (Å²) in [6.07, 6.45) is 0. The predicted octanol–water partition coefficient (Wildman–Crippen LogP) is 3.61. The lowest BCUT2D eigenvalue weighted by Crippen LogP contribution is -2.50. The quantitative estimate of drug-likeness (QED) is 0.588. The summed E-state index contributed by atoms with van der Waals surface area (Å²) in [5, 5.41) is 0. The van der Waals surface area contributed by atoms with Gasteiger partial charge in [0.25, 0.3) is 5.91 Å². The van der Waals surface area contributed by atoms with Crippen molar-refractivity contribution in [3.63, 3.8) is 0 Å². The van der Waals surface area contributed by atoms with E-state index >= 15 is 0 Å². The zero-order valence-electron chi connectivity index (χ0n) is 17.2. The highest BCUT2D eigenvalue weighted by molar-refractivity contribution is 7.91. The maximum atomic E-state index is 13.5. The number of hydrogen-bond donors (Lipinski definition) is 0. The maximum Gasteiger partial charge on any atom is 0.329 e. The van der Waals surface area contributed by atoms with Gasteiger partial charge in [-0.1, -0.05) is 36.4 Å². The van der Waals surface area contributed by atoms with Gasteiger partial charge in [0.05, 0.1) is 38.6 Å². The Morgan fingerprint density at radius 3 is 1.71 bits per heavy atom. The van der Waals surface area contributed by atoms with E-state index in [-0.39, 0.29) is 13.1 Å². The number of methoxy groups -OCH3 is 2. The minimum absolute atomic E-state index is 0.0708. The summed E-state index contributed by atoms with van der Waals surface area (Å²) in [6, 6.07) is 20.9. The number of fused-ring (bicyclic) bond motifs is 1. The molecule has 4 rings (SSSR count). The van der Waals surface area contributed by atoms with Crippen LogP contribution in [0.2, 0.25) is 0 Å². The van der Waals surface area contributed by atoms with Crippen molar-refractivity contribution in [1.82, 2.24) is 4.31 Å². The number of amides is 1. The Balaban J connectivity index is 1.72. The predicted molar refractivity (Wildman–Crippen MR) is 117 cm³/mol. The molecular formula is C23H22N2O5S. The molecule has 0 fully saturated rings. The van der Waals surface area contributed by atoms with Crippen LogP contribution in [0.5, 0.6) is 11.5 Å². The number of carbonyl (C=O) groups is 1. The molecule has 1 heterocycles. The molecule has 3 aromatic carbocycles. The third kappa shape index (κ3) is 3.94. The van der Waals surface area contributed by atoms with E-state index in [9.17, 15) is 13.2 Å². The number of anilines is 1. The first kappa shape index (κ1) is 20.7. The van der Waals surface area contributed by atoms with E-state index < -0.39 is 16.1 Å². The van der Waals surface area contributed by atoms with Gasteiger partial charge >= 0.3 is 10.2 Å². The molecule has 0 spiro atoms. The van der Waals surface area contributed by atoms with Crippen LogP contribution >= 0.6 is 0 Å². The molecule has 0 saturated carbocycles. The van der Waals surface area contributed by atoms with E-state index in [1.807, 2.05) is 0 Å². The molecule has 7 nitrogen and oxygen atoms in total. The molecular weight excluding hydrogens is 416 g/mol. The molecule has 0 atom stereocenters. The van der Waals surface area contributed by atoms with E-state index in [4.69, 9.17) is 9.47 Å². The van der Waals surface area contributed by atoms with Crippen molar-refractivity contribution in [3.05, 3.63) is 89.5 Å². The Kier molecular flexibility index (Phi) is 5.56. The normalized spacial score (nSPS) is 14.8. The lowest BCUT2D eigenvalue weighted by atomic mass is 10.1. The highest BCUT2D eigenvalue weighted by Gasteiger charge is 2.41. The molecule has 0 unspecified atom stereocenters. The van der Waals surface area contributed by atoms with E-state index in [1.54, 1.807) is 87.0 Å². The smallest absolute Gasteiger partial charge is 0.329 e. The Morgan fingerprint density at radius 2 is 1.19 bits per heavy atom. The average Bonchev–Trinajstić information content (AvgIpc) is 2.80. The third-order valence-corrected chi connectivity index (χ3v) is 6.89. The van der Waals surface area contributed by atoms with Crippen LogP contribution in [0.1, 0.15) is 21.5 Å². The number of rotatable bonds is 6. The summed E-state index contributed by atoms with van der Waals surface area (Å²) < 4.78 is 39.6. The summed E-state index contributed by atoms with van der Waals surface area (Å²) in [5.74, 6) is 0.794. The molecule has 8 heteroatoms. The van der Waals surface area contributed by atoms with E-state index in [0.717, 1.165) is 9.87 Å². The molecule has 0 N–H and O–H groups in total. The number of nitrogens with zero attached hydrogens (tertiary/aromatic N) is 2. The highest BCUT2D eigenvalue weighted by atomic mass is 32.2. The summed E-state index contributed by atoms with van der Waals surface area (Å²) in [5.41, 5.74) is 2.17. The first-order chi connectivity index (χ1) is 14.9. The Labute approximate surface area is 181 Å². The topological polar surface area (TPSA) is 76.2 Å². The zero-order valence-corrected chi connectivity index (χ0v) is 18.0. The van der Waals surface area contributed by atoms with Gasteiger partial charge in [-0.15, -0.1) is 0 Å². The standard InChI is InChI=1S/C23H22N2O5S/c1-29-19-11-7-17(8-12-19)15-24-22-6-4-3-5-21(22)23(26)25(31(24,27)28)16-18-9-13-20(30-2)14-10-18/h3-14H,15-16H2,1-2H3. The Morgan fingerprint density at radius 1 is 0.710 bits per heavy atom. The van der Waals surface area contributed by atoms with Crippen LogP contribution in [0, 0.1) is 0 Å². The van der Waals surface area contributed by atoms with Crippen molar-refractivity contribution in [2.75, 3.05) is 18.5 Å². The molecule has 0 aliphatic carbocycles. The fourth-order valence-corrected chi connectivity index (χ4v) is 5.05.